The average molecular weight is 438 g/mol. The summed E-state index contributed by atoms with van der Waals surface area (Å²) in [6.07, 6.45) is 1.85. The smallest absolute Gasteiger partial charge is 0.187 e. The molecule has 0 saturated carbocycles. The normalized spacial score (nSPS) is 19.9. The molecule has 1 aliphatic rings. The van der Waals surface area contributed by atoms with Crippen LogP contribution in [0.1, 0.15) is 17.0 Å². The number of thiazole rings is 1. The first kappa shape index (κ1) is 20.4. The SMILES string of the molecule is Cc1ccc(-c2ccccc2[C@H]2[C@@H](C#N)N(c3ncc(-c4ccccc4)s3)[C@H]2CO)cc1. The van der Waals surface area contributed by atoms with Crippen molar-refractivity contribution in [1.29, 1.82) is 5.26 Å². The van der Waals surface area contributed by atoms with Gasteiger partial charge in [-0.25, -0.2) is 4.98 Å². The Morgan fingerprint density at radius 2 is 1.69 bits per heavy atom. The van der Waals surface area contributed by atoms with Gasteiger partial charge in [0.25, 0.3) is 0 Å². The van der Waals surface area contributed by atoms with E-state index in [1.165, 1.54) is 5.56 Å². The molecule has 1 aliphatic heterocycles. The van der Waals surface area contributed by atoms with Crippen molar-refractivity contribution in [3.05, 3.63) is 96.2 Å². The van der Waals surface area contributed by atoms with Crippen LogP contribution in [0.5, 0.6) is 0 Å². The second-order valence-electron chi connectivity index (χ2n) is 8.08. The Morgan fingerprint density at radius 3 is 2.41 bits per heavy atom. The summed E-state index contributed by atoms with van der Waals surface area (Å²) in [6, 6.07) is 28.7. The molecule has 0 bridgehead atoms. The summed E-state index contributed by atoms with van der Waals surface area (Å²) in [5, 5.41) is 21.2. The highest BCUT2D eigenvalue weighted by atomic mass is 32.1. The highest BCUT2D eigenvalue weighted by molar-refractivity contribution is 7.18. The quantitative estimate of drug-likeness (QED) is 0.439. The molecule has 1 aromatic heterocycles. The molecule has 4 nitrogen and oxygen atoms in total. The fourth-order valence-electron chi connectivity index (χ4n) is 4.55. The van der Waals surface area contributed by atoms with Crippen molar-refractivity contribution in [3.63, 3.8) is 0 Å². The van der Waals surface area contributed by atoms with Gasteiger partial charge < -0.3 is 10.0 Å². The van der Waals surface area contributed by atoms with Crippen molar-refractivity contribution in [1.82, 2.24) is 4.98 Å². The van der Waals surface area contributed by atoms with Crippen LogP contribution in [0.4, 0.5) is 5.13 Å². The van der Waals surface area contributed by atoms with E-state index >= 15 is 0 Å². The first-order chi connectivity index (χ1) is 15.7. The zero-order valence-corrected chi connectivity index (χ0v) is 18.5. The summed E-state index contributed by atoms with van der Waals surface area (Å²) in [7, 11) is 0. The third-order valence-electron chi connectivity index (χ3n) is 6.19. The number of hydrogen-bond acceptors (Lipinski definition) is 5. The number of anilines is 1. The molecule has 32 heavy (non-hydrogen) atoms. The van der Waals surface area contributed by atoms with Crippen LogP contribution in [0, 0.1) is 18.3 Å². The molecular formula is C27H23N3OS. The topological polar surface area (TPSA) is 60.2 Å². The minimum absolute atomic E-state index is 0.0364. The number of rotatable bonds is 5. The molecule has 0 radical (unpaired) electrons. The van der Waals surface area contributed by atoms with Gasteiger partial charge in [0.15, 0.2) is 5.13 Å². The maximum Gasteiger partial charge on any atom is 0.187 e. The Hall–Kier alpha value is -3.46. The van der Waals surface area contributed by atoms with Crippen LogP contribution in [-0.2, 0) is 0 Å². The summed E-state index contributed by atoms with van der Waals surface area (Å²) in [5.74, 6) is -0.0911. The number of nitriles is 1. The second kappa shape index (κ2) is 8.58. The lowest BCUT2D eigenvalue weighted by Crippen LogP contribution is -2.63. The van der Waals surface area contributed by atoms with Gasteiger partial charge in [0.1, 0.15) is 6.04 Å². The summed E-state index contributed by atoms with van der Waals surface area (Å²) >= 11 is 1.56. The Bertz CT molecular complexity index is 1260. The van der Waals surface area contributed by atoms with Gasteiger partial charge in [0.2, 0.25) is 0 Å². The summed E-state index contributed by atoms with van der Waals surface area (Å²) in [4.78, 5) is 7.64. The second-order valence-corrected chi connectivity index (χ2v) is 9.09. The molecule has 5 heteroatoms. The van der Waals surface area contributed by atoms with E-state index in [0.717, 1.165) is 32.3 Å². The van der Waals surface area contributed by atoms with Gasteiger partial charge in [0, 0.05) is 12.1 Å². The van der Waals surface area contributed by atoms with E-state index < -0.39 is 0 Å². The van der Waals surface area contributed by atoms with Gasteiger partial charge in [-0.2, -0.15) is 5.26 Å². The average Bonchev–Trinajstić information content (AvgIpc) is 3.30. The lowest BCUT2D eigenvalue weighted by molar-refractivity contribution is 0.188. The summed E-state index contributed by atoms with van der Waals surface area (Å²) in [5.41, 5.74) is 5.64. The first-order valence-electron chi connectivity index (χ1n) is 10.7. The molecule has 4 aromatic rings. The zero-order chi connectivity index (χ0) is 22.1. The Labute approximate surface area is 192 Å². The van der Waals surface area contributed by atoms with Crippen molar-refractivity contribution in [2.45, 2.75) is 24.9 Å². The predicted octanol–water partition coefficient (Wildman–Crippen LogP) is 5.64. The molecule has 2 heterocycles. The minimum atomic E-state index is -0.381. The van der Waals surface area contributed by atoms with E-state index in [0.29, 0.717) is 0 Å². The molecule has 0 unspecified atom stereocenters. The number of aliphatic hydroxyl groups excluding tert-OH is 1. The van der Waals surface area contributed by atoms with Crippen LogP contribution in [-0.4, -0.2) is 28.8 Å². The van der Waals surface area contributed by atoms with Crippen LogP contribution in [0.25, 0.3) is 21.6 Å². The van der Waals surface area contributed by atoms with Crippen LogP contribution in [0.3, 0.4) is 0 Å². The molecule has 1 saturated heterocycles. The van der Waals surface area contributed by atoms with Crippen molar-refractivity contribution < 1.29 is 5.11 Å². The van der Waals surface area contributed by atoms with Gasteiger partial charge in [-0.1, -0.05) is 95.8 Å². The molecular weight excluding hydrogens is 414 g/mol. The molecule has 0 aliphatic carbocycles. The number of benzene rings is 3. The van der Waals surface area contributed by atoms with Crippen LogP contribution < -0.4 is 4.90 Å². The lowest BCUT2D eigenvalue weighted by Gasteiger charge is -2.52. The fraction of sp³-hybridized carbons (Fsp3) is 0.185. The molecule has 1 N–H and O–H groups in total. The molecule has 3 aromatic carbocycles. The summed E-state index contributed by atoms with van der Waals surface area (Å²) in [6.45, 7) is 2.04. The van der Waals surface area contributed by atoms with Crippen molar-refractivity contribution in [2.75, 3.05) is 11.5 Å². The maximum absolute atomic E-state index is 10.3. The van der Waals surface area contributed by atoms with E-state index in [2.05, 4.69) is 66.5 Å². The number of aromatic nitrogens is 1. The fourth-order valence-corrected chi connectivity index (χ4v) is 5.56. The van der Waals surface area contributed by atoms with E-state index in [1.807, 2.05) is 41.4 Å². The number of nitrogens with zero attached hydrogens (tertiary/aromatic N) is 3. The number of aryl methyl sites for hydroxylation is 1. The van der Waals surface area contributed by atoms with E-state index in [1.54, 1.807) is 11.3 Å². The van der Waals surface area contributed by atoms with Crippen molar-refractivity contribution in [2.24, 2.45) is 0 Å². The van der Waals surface area contributed by atoms with Crippen molar-refractivity contribution in [3.8, 4) is 27.6 Å². The molecule has 1 fully saturated rings. The molecule has 158 valence electrons. The lowest BCUT2D eigenvalue weighted by atomic mass is 9.74. The molecule has 0 spiro atoms. The van der Waals surface area contributed by atoms with Gasteiger partial charge in [-0.15, -0.1) is 0 Å². The van der Waals surface area contributed by atoms with Gasteiger partial charge >= 0.3 is 0 Å². The number of aliphatic hydroxyl groups is 1. The van der Waals surface area contributed by atoms with Gasteiger partial charge in [-0.3, -0.25) is 0 Å². The zero-order valence-electron chi connectivity index (χ0n) is 17.7. The predicted molar refractivity (Wildman–Crippen MR) is 130 cm³/mol. The Balaban J connectivity index is 1.50. The van der Waals surface area contributed by atoms with Crippen molar-refractivity contribution >= 4 is 16.5 Å². The Kier molecular flexibility index (Phi) is 5.48. The highest BCUT2D eigenvalue weighted by Gasteiger charge is 2.51. The monoisotopic (exact) mass is 437 g/mol. The first-order valence-corrected chi connectivity index (χ1v) is 11.5. The molecule has 0 amide bonds. The van der Waals surface area contributed by atoms with Gasteiger partial charge in [0.05, 0.1) is 23.6 Å². The standard InChI is InChI=1S/C27H23N3OS/c1-18-11-13-19(14-12-18)21-9-5-6-10-22(21)26-23(15-28)30(24(26)17-31)27-29-16-25(32-27)20-7-3-2-4-8-20/h2-14,16,23-24,26,31H,17H2,1H3/t23-,24+,26+/m1/s1. The van der Waals surface area contributed by atoms with Crippen LogP contribution >= 0.6 is 11.3 Å². The van der Waals surface area contributed by atoms with E-state index in [-0.39, 0.29) is 24.6 Å². The third-order valence-corrected chi connectivity index (χ3v) is 7.25. The minimum Gasteiger partial charge on any atom is -0.394 e. The number of hydrogen-bond donors (Lipinski definition) is 1. The largest absolute Gasteiger partial charge is 0.394 e. The highest BCUT2D eigenvalue weighted by Crippen LogP contribution is 2.47. The van der Waals surface area contributed by atoms with Crippen LogP contribution in [0.2, 0.25) is 0 Å². The van der Waals surface area contributed by atoms with Crippen LogP contribution in [0.15, 0.2) is 85.1 Å². The van der Waals surface area contributed by atoms with E-state index in [9.17, 15) is 10.4 Å². The van der Waals surface area contributed by atoms with E-state index in [4.69, 9.17) is 0 Å². The molecule has 5 rings (SSSR count). The Morgan fingerprint density at radius 1 is 0.969 bits per heavy atom. The van der Waals surface area contributed by atoms with Gasteiger partial charge in [-0.05, 0) is 29.2 Å². The third kappa shape index (κ3) is 3.48. The summed E-state index contributed by atoms with van der Waals surface area (Å²) < 4.78 is 0. The maximum atomic E-state index is 10.3. The molecule has 3 atom stereocenters.